The van der Waals surface area contributed by atoms with Crippen LogP contribution < -0.4 is 5.32 Å². The van der Waals surface area contributed by atoms with E-state index < -0.39 is 0 Å². The van der Waals surface area contributed by atoms with E-state index in [2.05, 4.69) is 44.3 Å². The zero-order valence-corrected chi connectivity index (χ0v) is 12.6. The van der Waals surface area contributed by atoms with Crippen molar-refractivity contribution in [3.8, 4) is 0 Å². The Hall–Kier alpha value is -1.83. The number of carbonyl (C=O) groups excluding carboxylic acids is 1. The van der Waals surface area contributed by atoms with E-state index in [1.807, 2.05) is 24.3 Å². The van der Waals surface area contributed by atoms with Gasteiger partial charge in [0.25, 0.3) is 0 Å². The predicted molar refractivity (Wildman–Crippen MR) is 83.4 cm³/mol. The molecule has 1 aliphatic rings. The maximum atomic E-state index is 12.2. The van der Waals surface area contributed by atoms with Crippen molar-refractivity contribution in [2.75, 3.05) is 0 Å². The Morgan fingerprint density at radius 3 is 2.50 bits per heavy atom. The number of ketones is 1. The maximum Gasteiger partial charge on any atom is 0.164 e. The van der Waals surface area contributed by atoms with E-state index in [-0.39, 0.29) is 11.3 Å². The molecule has 2 nitrogen and oxygen atoms in total. The van der Waals surface area contributed by atoms with Crippen LogP contribution in [0, 0.1) is 0 Å². The van der Waals surface area contributed by atoms with Gasteiger partial charge < -0.3 is 5.32 Å². The van der Waals surface area contributed by atoms with Gasteiger partial charge in [-0.1, -0.05) is 42.5 Å². The first kappa shape index (κ1) is 14.6. The summed E-state index contributed by atoms with van der Waals surface area (Å²) < 4.78 is 0. The summed E-state index contributed by atoms with van der Waals surface area (Å²) in [6.45, 7) is 6.36. The zero-order chi connectivity index (χ0) is 14.6. The van der Waals surface area contributed by atoms with E-state index >= 15 is 0 Å². The van der Waals surface area contributed by atoms with Gasteiger partial charge in [-0.25, -0.2) is 0 Å². The molecule has 1 N–H and O–H groups in total. The van der Waals surface area contributed by atoms with Crippen molar-refractivity contribution in [3.05, 3.63) is 59.3 Å². The van der Waals surface area contributed by atoms with E-state index in [0.29, 0.717) is 6.42 Å². The molecule has 0 radical (unpaired) electrons. The van der Waals surface area contributed by atoms with Gasteiger partial charge in [0.15, 0.2) is 5.78 Å². The topological polar surface area (TPSA) is 29.1 Å². The Morgan fingerprint density at radius 2 is 1.90 bits per heavy atom. The summed E-state index contributed by atoms with van der Waals surface area (Å²) in [5, 5.41) is 3.51. The van der Waals surface area contributed by atoms with Crippen LogP contribution in [0.2, 0.25) is 0 Å². The van der Waals surface area contributed by atoms with Crippen molar-refractivity contribution >= 4 is 5.78 Å². The van der Waals surface area contributed by atoms with Crippen molar-refractivity contribution in [1.82, 2.24) is 5.32 Å². The lowest BCUT2D eigenvalue weighted by atomic mass is 9.94. The quantitative estimate of drug-likeness (QED) is 0.846. The fourth-order valence-corrected chi connectivity index (χ4v) is 2.37. The third-order valence-electron chi connectivity index (χ3n) is 3.20. The molecule has 0 saturated heterocycles. The van der Waals surface area contributed by atoms with Gasteiger partial charge in [-0.2, -0.15) is 0 Å². The fourth-order valence-electron chi connectivity index (χ4n) is 2.37. The Kier molecular flexibility index (Phi) is 4.43. The third kappa shape index (κ3) is 4.09. The molecule has 1 aromatic carbocycles. The van der Waals surface area contributed by atoms with E-state index in [0.717, 1.165) is 24.1 Å². The van der Waals surface area contributed by atoms with Crippen LogP contribution in [0.5, 0.6) is 0 Å². The highest BCUT2D eigenvalue weighted by atomic mass is 16.1. The largest absolute Gasteiger partial charge is 0.383 e. The molecule has 1 aromatic rings. The van der Waals surface area contributed by atoms with Crippen molar-refractivity contribution < 1.29 is 4.79 Å². The zero-order valence-electron chi connectivity index (χ0n) is 12.6. The first-order valence-electron chi connectivity index (χ1n) is 7.21. The molecular weight excluding hydrogens is 246 g/mol. The van der Waals surface area contributed by atoms with E-state index in [1.165, 1.54) is 5.56 Å². The number of hydrogen-bond donors (Lipinski definition) is 1. The highest BCUT2D eigenvalue weighted by Crippen LogP contribution is 2.20. The van der Waals surface area contributed by atoms with Gasteiger partial charge in [0, 0.05) is 29.7 Å². The monoisotopic (exact) mass is 269 g/mol. The fraction of sp³-hybridized carbons (Fsp3) is 0.389. The molecule has 2 heteroatoms. The van der Waals surface area contributed by atoms with Gasteiger partial charge in [0.1, 0.15) is 0 Å². The highest BCUT2D eigenvalue weighted by Gasteiger charge is 2.19. The summed E-state index contributed by atoms with van der Waals surface area (Å²) in [7, 11) is 0. The lowest BCUT2D eigenvalue weighted by Gasteiger charge is -2.27. The molecule has 0 aromatic heterocycles. The summed E-state index contributed by atoms with van der Waals surface area (Å²) in [6, 6.07) is 10.3. The van der Waals surface area contributed by atoms with E-state index in [1.54, 1.807) is 0 Å². The van der Waals surface area contributed by atoms with E-state index in [9.17, 15) is 4.79 Å². The molecular formula is C18H23NO. The average Bonchev–Trinajstić information content (AvgIpc) is 2.38. The summed E-state index contributed by atoms with van der Waals surface area (Å²) in [4.78, 5) is 12.2. The molecule has 0 spiro atoms. The first-order valence-corrected chi connectivity index (χ1v) is 7.21. The van der Waals surface area contributed by atoms with Crippen molar-refractivity contribution in [1.29, 1.82) is 0 Å². The Labute approximate surface area is 121 Å². The van der Waals surface area contributed by atoms with Crippen molar-refractivity contribution in [2.45, 2.75) is 45.6 Å². The van der Waals surface area contributed by atoms with Crippen LogP contribution in [-0.4, -0.2) is 11.3 Å². The molecule has 0 saturated carbocycles. The normalized spacial score (nSPS) is 18.1. The molecule has 2 rings (SSSR count). The van der Waals surface area contributed by atoms with Gasteiger partial charge in [0.05, 0.1) is 0 Å². The lowest BCUT2D eigenvalue weighted by molar-refractivity contribution is -0.115. The van der Waals surface area contributed by atoms with Crippen LogP contribution in [0.4, 0.5) is 0 Å². The molecule has 20 heavy (non-hydrogen) atoms. The Balaban J connectivity index is 2.34. The highest BCUT2D eigenvalue weighted by molar-refractivity contribution is 5.99. The van der Waals surface area contributed by atoms with Gasteiger partial charge in [-0.15, -0.1) is 0 Å². The molecule has 0 aliphatic heterocycles. The number of Topliss-reactive ketones (excluding diaryl/α,β-unsaturated/α-hetero) is 1. The summed E-state index contributed by atoms with van der Waals surface area (Å²) in [5.41, 5.74) is 3.04. The summed E-state index contributed by atoms with van der Waals surface area (Å²) in [5.74, 6) is 0.246. The second kappa shape index (κ2) is 6.08. The summed E-state index contributed by atoms with van der Waals surface area (Å²) >= 11 is 0. The minimum Gasteiger partial charge on any atom is -0.383 e. The number of allylic oxidation sites excluding steroid dienone is 4. The summed E-state index contributed by atoms with van der Waals surface area (Å²) in [6.07, 6.45) is 6.31. The number of benzene rings is 1. The van der Waals surface area contributed by atoms with Crippen LogP contribution in [0.25, 0.3) is 0 Å². The molecule has 0 fully saturated rings. The standard InChI is InChI=1S/C18H23NO/c1-18(2,3)19-16(13-14-9-5-4-6-10-14)15-11-7-8-12-17(15)20/h4-7,9-11,19H,8,12-13H2,1-3H3/b16-15-. The molecule has 0 amide bonds. The third-order valence-corrected chi connectivity index (χ3v) is 3.20. The first-order chi connectivity index (χ1) is 9.46. The van der Waals surface area contributed by atoms with E-state index in [4.69, 9.17) is 0 Å². The van der Waals surface area contributed by atoms with Crippen LogP contribution in [0.3, 0.4) is 0 Å². The smallest absolute Gasteiger partial charge is 0.164 e. The van der Waals surface area contributed by atoms with Crippen molar-refractivity contribution in [2.24, 2.45) is 0 Å². The van der Waals surface area contributed by atoms with Crippen molar-refractivity contribution in [3.63, 3.8) is 0 Å². The predicted octanol–water partition coefficient (Wildman–Crippen LogP) is 3.79. The molecule has 0 unspecified atom stereocenters. The average molecular weight is 269 g/mol. The SMILES string of the molecule is CC(C)(C)N/C(Cc1ccccc1)=C1/C=CCCC1=O. The van der Waals surface area contributed by atoms with Gasteiger partial charge in [-0.05, 0) is 32.8 Å². The van der Waals surface area contributed by atoms with Gasteiger partial charge in [-0.3, -0.25) is 4.79 Å². The molecule has 1 aliphatic carbocycles. The minimum atomic E-state index is -0.0529. The molecule has 106 valence electrons. The second-order valence-corrected chi connectivity index (χ2v) is 6.29. The molecule has 0 atom stereocenters. The van der Waals surface area contributed by atoms with Crippen LogP contribution in [0.15, 0.2) is 53.8 Å². The maximum absolute atomic E-state index is 12.2. The number of carbonyl (C=O) groups is 1. The molecule has 0 heterocycles. The van der Waals surface area contributed by atoms with Crippen LogP contribution in [-0.2, 0) is 11.2 Å². The lowest BCUT2D eigenvalue weighted by Crippen LogP contribution is -2.37. The van der Waals surface area contributed by atoms with Gasteiger partial charge in [0.2, 0.25) is 0 Å². The Morgan fingerprint density at radius 1 is 1.20 bits per heavy atom. The number of hydrogen-bond acceptors (Lipinski definition) is 2. The van der Waals surface area contributed by atoms with Gasteiger partial charge >= 0.3 is 0 Å². The minimum absolute atomic E-state index is 0.0529. The Bertz CT molecular complexity index is 532. The van der Waals surface area contributed by atoms with Crippen LogP contribution >= 0.6 is 0 Å². The van der Waals surface area contributed by atoms with Crippen LogP contribution in [0.1, 0.15) is 39.2 Å². The number of nitrogens with one attached hydrogen (secondary N) is 1. The molecule has 0 bridgehead atoms. The second-order valence-electron chi connectivity index (χ2n) is 6.29. The number of rotatable bonds is 3.